The first-order valence-corrected chi connectivity index (χ1v) is 9.95. The Hall–Kier alpha value is -2.04. The zero-order chi connectivity index (χ0) is 20.6. The van der Waals surface area contributed by atoms with Gasteiger partial charge in [0.1, 0.15) is 5.78 Å². The number of carbonyl (C=O) groups excluding carboxylic acids is 3. The molecule has 1 aliphatic rings. The van der Waals surface area contributed by atoms with Gasteiger partial charge < -0.3 is 0 Å². The molecule has 1 aliphatic heterocycles. The summed E-state index contributed by atoms with van der Waals surface area (Å²) >= 11 is 0. The fourth-order valence-corrected chi connectivity index (χ4v) is 2.93. The molecule has 0 radical (unpaired) electrons. The van der Waals surface area contributed by atoms with Crippen molar-refractivity contribution in [1.29, 1.82) is 0 Å². The van der Waals surface area contributed by atoms with E-state index in [4.69, 9.17) is 0 Å². The van der Waals surface area contributed by atoms with Crippen molar-refractivity contribution in [3.63, 3.8) is 0 Å². The molecule has 1 aromatic heterocycles. The number of pyridine rings is 1. The summed E-state index contributed by atoms with van der Waals surface area (Å²) in [5, 5.41) is 2.36. The molecule has 1 atom stereocenters. The van der Waals surface area contributed by atoms with Gasteiger partial charge >= 0.3 is 0 Å². The van der Waals surface area contributed by atoms with Crippen molar-refractivity contribution in [2.24, 2.45) is 5.92 Å². The highest BCUT2D eigenvalue weighted by Crippen LogP contribution is 2.25. The molecule has 27 heavy (non-hydrogen) atoms. The van der Waals surface area contributed by atoms with Crippen molar-refractivity contribution in [3.8, 4) is 0 Å². The summed E-state index contributed by atoms with van der Waals surface area (Å²) in [5.41, 5.74) is 4.01. The standard InChI is InChI=1S/C13H16N2O2.C9H18O/c1-7-6-11(14-9(3)8(7)2)10-4-5-12(16)15-13(10)17;1-4-5-9(10)7-6-8(2)3/h6,10H,4-5H2,1-3H3,(H,15,16,17);8H,4-7H2,1-3H3. The number of ketones is 1. The second kappa shape index (κ2) is 11.0. The van der Waals surface area contributed by atoms with Crippen molar-refractivity contribution in [1.82, 2.24) is 10.3 Å². The number of Topliss-reactive ketones (excluding diaryl/α,β-unsaturated/α-hetero) is 1. The van der Waals surface area contributed by atoms with Gasteiger partial charge in [-0.15, -0.1) is 0 Å². The van der Waals surface area contributed by atoms with Crippen LogP contribution in [0.25, 0.3) is 0 Å². The molecular formula is C22H34N2O3. The molecule has 2 amide bonds. The number of hydrogen-bond donors (Lipinski definition) is 1. The number of imide groups is 1. The van der Waals surface area contributed by atoms with E-state index in [0.29, 0.717) is 24.5 Å². The van der Waals surface area contributed by atoms with Crippen molar-refractivity contribution in [3.05, 3.63) is 28.6 Å². The predicted octanol–water partition coefficient (Wildman–Crippen LogP) is 4.32. The number of aromatic nitrogens is 1. The zero-order valence-electron chi connectivity index (χ0n) is 17.6. The Labute approximate surface area is 163 Å². The summed E-state index contributed by atoms with van der Waals surface area (Å²) in [7, 11) is 0. The van der Waals surface area contributed by atoms with Gasteiger partial charge in [-0.25, -0.2) is 0 Å². The number of nitrogens with one attached hydrogen (secondary N) is 1. The number of aryl methyl sites for hydroxylation is 2. The summed E-state index contributed by atoms with van der Waals surface area (Å²) in [6.07, 6.45) is 4.55. The fraction of sp³-hybridized carbons (Fsp3) is 0.636. The van der Waals surface area contributed by atoms with Gasteiger partial charge in [0.2, 0.25) is 11.8 Å². The highest BCUT2D eigenvalue weighted by molar-refractivity contribution is 6.00. The van der Waals surface area contributed by atoms with Gasteiger partial charge in [-0.2, -0.15) is 0 Å². The van der Waals surface area contributed by atoms with Crippen molar-refractivity contribution < 1.29 is 14.4 Å². The number of piperidine rings is 1. The van der Waals surface area contributed by atoms with E-state index < -0.39 is 0 Å². The SMILES string of the molecule is CCCC(=O)CCC(C)C.Cc1cc(C2CCC(=O)NC2=O)nc(C)c1C. The molecule has 0 saturated carbocycles. The normalized spacial score (nSPS) is 16.6. The van der Waals surface area contributed by atoms with Crippen LogP contribution in [0.2, 0.25) is 0 Å². The Morgan fingerprint density at radius 1 is 1.22 bits per heavy atom. The smallest absolute Gasteiger partial charge is 0.235 e. The first-order valence-electron chi connectivity index (χ1n) is 9.95. The lowest BCUT2D eigenvalue weighted by Crippen LogP contribution is -2.39. The van der Waals surface area contributed by atoms with Gasteiger partial charge in [-0.1, -0.05) is 20.8 Å². The zero-order valence-corrected chi connectivity index (χ0v) is 17.6. The first-order chi connectivity index (χ1) is 12.6. The van der Waals surface area contributed by atoms with Crippen LogP contribution in [0.1, 0.15) is 87.7 Å². The minimum Gasteiger partial charge on any atom is -0.300 e. The number of amides is 2. The lowest BCUT2D eigenvalue weighted by Gasteiger charge is -2.21. The summed E-state index contributed by atoms with van der Waals surface area (Å²) in [4.78, 5) is 38.2. The van der Waals surface area contributed by atoms with Gasteiger partial charge in [0.25, 0.3) is 0 Å². The quantitative estimate of drug-likeness (QED) is 0.752. The second-order valence-electron chi connectivity index (χ2n) is 7.80. The minimum atomic E-state index is -0.286. The lowest BCUT2D eigenvalue weighted by molar-refractivity contribution is -0.134. The van der Waals surface area contributed by atoms with Crippen LogP contribution in [0.4, 0.5) is 0 Å². The highest BCUT2D eigenvalue weighted by Gasteiger charge is 2.29. The van der Waals surface area contributed by atoms with Crippen LogP contribution in [-0.2, 0) is 14.4 Å². The van der Waals surface area contributed by atoms with E-state index in [1.165, 1.54) is 0 Å². The van der Waals surface area contributed by atoms with Crippen molar-refractivity contribution in [2.45, 2.75) is 86.0 Å². The Morgan fingerprint density at radius 2 is 1.89 bits per heavy atom. The van der Waals surface area contributed by atoms with E-state index >= 15 is 0 Å². The largest absolute Gasteiger partial charge is 0.300 e. The number of carbonyl (C=O) groups is 3. The van der Waals surface area contributed by atoms with Crippen LogP contribution in [0.3, 0.4) is 0 Å². The third-order valence-corrected chi connectivity index (χ3v) is 4.92. The van der Waals surface area contributed by atoms with Gasteiger partial charge in [-0.3, -0.25) is 24.7 Å². The van der Waals surface area contributed by atoms with E-state index in [-0.39, 0.29) is 17.7 Å². The van der Waals surface area contributed by atoms with E-state index in [9.17, 15) is 14.4 Å². The molecule has 1 saturated heterocycles. The van der Waals surface area contributed by atoms with Crippen molar-refractivity contribution >= 4 is 17.6 Å². The van der Waals surface area contributed by atoms with Gasteiger partial charge in [0, 0.05) is 25.0 Å². The average Bonchev–Trinajstić information content (AvgIpc) is 2.58. The number of nitrogens with zero attached hydrogens (tertiary/aromatic N) is 1. The Kier molecular flexibility index (Phi) is 9.33. The van der Waals surface area contributed by atoms with Crippen molar-refractivity contribution in [2.75, 3.05) is 0 Å². The van der Waals surface area contributed by atoms with Crippen LogP contribution < -0.4 is 5.32 Å². The third-order valence-electron chi connectivity index (χ3n) is 4.92. The Morgan fingerprint density at radius 3 is 2.41 bits per heavy atom. The highest BCUT2D eigenvalue weighted by atomic mass is 16.2. The van der Waals surface area contributed by atoms with Crippen LogP contribution >= 0.6 is 0 Å². The van der Waals surface area contributed by atoms with E-state index in [1.54, 1.807) is 0 Å². The maximum Gasteiger partial charge on any atom is 0.235 e. The number of hydrogen-bond acceptors (Lipinski definition) is 4. The second-order valence-corrected chi connectivity index (χ2v) is 7.80. The summed E-state index contributed by atoms with van der Waals surface area (Å²) in [6, 6.07) is 1.95. The van der Waals surface area contributed by atoms with Gasteiger partial charge in [-0.05, 0) is 63.1 Å². The maximum absolute atomic E-state index is 11.7. The summed E-state index contributed by atoms with van der Waals surface area (Å²) < 4.78 is 0. The lowest BCUT2D eigenvalue weighted by atomic mass is 9.92. The van der Waals surface area contributed by atoms with E-state index in [2.05, 4.69) is 24.1 Å². The monoisotopic (exact) mass is 374 g/mol. The molecule has 1 unspecified atom stereocenters. The number of rotatable bonds is 6. The molecule has 1 fully saturated rings. The summed E-state index contributed by atoms with van der Waals surface area (Å²) in [5.74, 6) is 0.394. The van der Waals surface area contributed by atoms with Crippen LogP contribution in [0.15, 0.2) is 6.07 Å². The molecule has 1 aromatic rings. The molecule has 150 valence electrons. The van der Waals surface area contributed by atoms with E-state index in [0.717, 1.165) is 48.2 Å². The van der Waals surface area contributed by atoms with Crippen LogP contribution in [0.5, 0.6) is 0 Å². The Balaban J connectivity index is 0.000000314. The van der Waals surface area contributed by atoms with Crippen LogP contribution in [-0.4, -0.2) is 22.6 Å². The Bertz CT molecular complexity index is 657. The molecule has 2 heterocycles. The molecule has 0 aliphatic carbocycles. The molecule has 0 aromatic carbocycles. The predicted molar refractivity (Wildman–Crippen MR) is 108 cm³/mol. The average molecular weight is 375 g/mol. The molecule has 2 rings (SSSR count). The maximum atomic E-state index is 11.7. The van der Waals surface area contributed by atoms with Gasteiger partial charge in [0.15, 0.2) is 0 Å². The summed E-state index contributed by atoms with van der Waals surface area (Å²) in [6.45, 7) is 12.3. The fourth-order valence-electron chi connectivity index (χ4n) is 2.93. The molecular weight excluding hydrogens is 340 g/mol. The van der Waals surface area contributed by atoms with E-state index in [1.807, 2.05) is 33.8 Å². The third kappa shape index (κ3) is 7.61. The van der Waals surface area contributed by atoms with Crippen LogP contribution in [0, 0.1) is 26.7 Å². The molecule has 1 N–H and O–H groups in total. The van der Waals surface area contributed by atoms with Gasteiger partial charge in [0.05, 0.1) is 11.6 Å². The molecule has 5 heteroatoms. The molecule has 0 spiro atoms. The molecule has 5 nitrogen and oxygen atoms in total. The molecule has 0 bridgehead atoms. The minimum absolute atomic E-state index is 0.188. The topological polar surface area (TPSA) is 76.1 Å². The first kappa shape index (κ1) is 23.0.